The van der Waals surface area contributed by atoms with Gasteiger partial charge in [0.2, 0.25) is 0 Å². The van der Waals surface area contributed by atoms with E-state index in [-0.39, 0.29) is 18.2 Å². The highest BCUT2D eigenvalue weighted by Gasteiger charge is 2.16. The molecule has 142 valence electrons. The topological polar surface area (TPSA) is 59.6 Å². The van der Waals surface area contributed by atoms with Gasteiger partial charge in [0, 0.05) is 30.2 Å². The minimum Gasteiger partial charge on any atom is -0.444 e. The molecule has 0 heterocycles. The second-order valence-corrected chi connectivity index (χ2v) is 8.08. The van der Waals surface area contributed by atoms with E-state index in [4.69, 9.17) is 9.47 Å². The lowest BCUT2D eigenvalue weighted by Crippen LogP contribution is -2.37. The van der Waals surface area contributed by atoms with Crippen molar-refractivity contribution in [2.45, 2.75) is 58.2 Å². The van der Waals surface area contributed by atoms with Gasteiger partial charge in [-0.25, -0.2) is 4.79 Å². The molecule has 0 aromatic heterocycles. The number of hydrogen-bond donors (Lipinski definition) is 2. The fraction of sp³-hybridized carbons (Fsp3) is 0.632. The monoisotopic (exact) mass is 414 g/mol. The highest BCUT2D eigenvalue weighted by atomic mass is 79.9. The summed E-state index contributed by atoms with van der Waals surface area (Å²) in [5.41, 5.74) is 0.765. The molecule has 0 aliphatic heterocycles. The molecule has 1 aromatic carbocycles. The molecule has 0 aliphatic rings. The molecule has 0 saturated carbocycles. The van der Waals surface area contributed by atoms with Gasteiger partial charge in [0.1, 0.15) is 5.60 Å². The Morgan fingerprint density at radius 2 is 1.88 bits per heavy atom. The standard InChI is InChI=1S/C19H31BrN2O3/c1-14(15-8-10-16(20)11-9-15)22-17(13-24-5)7-6-12-21-18(23)25-19(2,3)4/h8-11,14,17,22H,6-7,12-13H2,1-5H3,(H,21,23). The van der Waals surface area contributed by atoms with Crippen LogP contribution < -0.4 is 10.6 Å². The number of amides is 1. The Hall–Kier alpha value is -1.11. The number of halogens is 1. The van der Waals surface area contributed by atoms with Gasteiger partial charge in [-0.05, 0) is 58.2 Å². The van der Waals surface area contributed by atoms with Crippen LogP contribution in [0.3, 0.4) is 0 Å². The number of nitrogens with one attached hydrogen (secondary N) is 2. The number of benzene rings is 1. The lowest BCUT2D eigenvalue weighted by atomic mass is 10.1. The number of rotatable bonds is 9. The normalized spacial score (nSPS) is 14.0. The van der Waals surface area contributed by atoms with Crippen LogP contribution in [-0.2, 0) is 9.47 Å². The quantitative estimate of drug-likeness (QED) is 0.587. The molecule has 1 amide bonds. The smallest absolute Gasteiger partial charge is 0.407 e. The molecule has 6 heteroatoms. The molecule has 0 saturated heterocycles. The van der Waals surface area contributed by atoms with E-state index in [2.05, 4.69) is 45.6 Å². The van der Waals surface area contributed by atoms with Crippen molar-refractivity contribution in [2.75, 3.05) is 20.3 Å². The van der Waals surface area contributed by atoms with E-state index in [0.717, 1.165) is 17.3 Å². The zero-order valence-electron chi connectivity index (χ0n) is 15.9. The van der Waals surface area contributed by atoms with Crippen LogP contribution in [0.15, 0.2) is 28.7 Å². The predicted octanol–water partition coefficient (Wildman–Crippen LogP) is 4.42. The van der Waals surface area contributed by atoms with Gasteiger partial charge in [0.15, 0.2) is 0 Å². The highest BCUT2D eigenvalue weighted by Crippen LogP contribution is 2.17. The summed E-state index contributed by atoms with van der Waals surface area (Å²) in [6.07, 6.45) is 1.39. The Morgan fingerprint density at radius 3 is 2.44 bits per heavy atom. The third kappa shape index (κ3) is 9.82. The lowest BCUT2D eigenvalue weighted by Gasteiger charge is -2.24. The van der Waals surface area contributed by atoms with Crippen LogP contribution in [0, 0.1) is 0 Å². The largest absolute Gasteiger partial charge is 0.444 e. The maximum atomic E-state index is 11.6. The first kappa shape index (κ1) is 21.9. The summed E-state index contributed by atoms with van der Waals surface area (Å²) in [6.45, 7) is 8.93. The maximum Gasteiger partial charge on any atom is 0.407 e. The van der Waals surface area contributed by atoms with Crippen molar-refractivity contribution in [3.63, 3.8) is 0 Å². The predicted molar refractivity (Wildman–Crippen MR) is 105 cm³/mol. The maximum absolute atomic E-state index is 11.6. The molecule has 0 spiro atoms. The Morgan fingerprint density at radius 1 is 1.24 bits per heavy atom. The van der Waals surface area contributed by atoms with Crippen LogP contribution in [0.25, 0.3) is 0 Å². The molecule has 0 fully saturated rings. The van der Waals surface area contributed by atoms with Crippen molar-refractivity contribution in [1.29, 1.82) is 0 Å². The number of carbonyl (C=O) groups excluding carboxylic acids is 1. The van der Waals surface area contributed by atoms with Gasteiger partial charge in [-0.3, -0.25) is 0 Å². The number of hydrogen-bond acceptors (Lipinski definition) is 4. The van der Waals surface area contributed by atoms with Crippen LogP contribution in [0.5, 0.6) is 0 Å². The summed E-state index contributed by atoms with van der Waals surface area (Å²) >= 11 is 3.46. The van der Waals surface area contributed by atoms with E-state index in [1.54, 1.807) is 7.11 Å². The molecule has 2 atom stereocenters. The molecule has 1 aromatic rings. The Balaban J connectivity index is 2.38. The van der Waals surface area contributed by atoms with Gasteiger partial charge in [-0.2, -0.15) is 0 Å². The van der Waals surface area contributed by atoms with Gasteiger partial charge < -0.3 is 20.1 Å². The van der Waals surface area contributed by atoms with Gasteiger partial charge in [0.25, 0.3) is 0 Å². The third-order valence-corrected chi connectivity index (χ3v) is 4.15. The average molecular weight is 415 g/mol. The molecule has 25 heavy (non-hydrogen) atoms. The summed E-state index contributed by atoms with van der Waals surface area (Å²) in [4.78, 5) is 11.6. The van der Waals surface area contributed by atoms with E-state index < -0.39 is 5.60 Å². The van der Waals surface area contributed by atoms with Crippen LogP contribution in [-0.4, -0.2) is 38.0 Å². The van der Waals surface area contributed by atoms with Crippen LogP contribution in [0.1, 0.15) is 52.1 Å². The lowest BCUT2D eigenvalue weighted by molar-refractivity contribution is 0.0526. The van der Waals surface area contributed by atoms with Crippen LogP contribution >= 0.6 is 15.9 Å². The molecule has 2 unspecified atom stereocenters. The van der Waals surface area contributed by atoms with Gasteiger partial charge in [0.05, 0.1) is 6.61 Å². The summed E-state index contributed by atoms with van der Waals surface area (Å²) in [6, 6.07) is 8.76. The minimum atomic E-state index is -0.468. The fourth-order valence-corrected chi connectivity index (χ4v) is 2.73. The zero-order valence-corrected chi connectivity index (χ0v) is 17.5. The highest BCUT2D eigenvalue weighted by molar-refractivity contribution is 9.10. The first-order valence-electron chi connectivity index (χ1n) is 8.68. The SMILES string of the molecule is COCC(CCCNC(=O)OC(C)(C)C)NC(C)c1ccc(Br)cc1. The van der Waals surface area contributed by atoms with Gasteiger partial charge in [-0.15, -0.1) is 0 Å². The van der Waals surface area contributed by atoms with Crippen molar-refractivity contribution < 1.29 is 14.3 Å². The second-order valence-electron chi connectivity index (χ2n) is 7.16. The van der Waals surface area contributed by atoms with E-state index in [9.17, 15) is 4.79 Å². The number of methoxy groups -OCH3 is 1. The minimum absolute atomic E-state index is 0.226. The first-order chi connectivity index (χ1) is 11.7. The van der Waals surface area contributed by atoms with Crippen molar-refractivity contribution in [2.24, 2.45) is 0 Å². The number of alkyl carbamates (subject to hydrolysis) is 1. The van der Waals surface area contributed by atoms with Crippen LogP contribution in [0.2, 0.25) is 0 Å². The molecule has 5 nitrogen and oxygen atoms in total. The van der Waals surface area contributed by atoms with Crippen molar-refractivity contribution >= 4 is 22.0 Å². The Kier molecular flexibility index (Phi) is 9.46. The molecule has 1 rings (SSSR count). The Labute approximate surface area is 160 Å². The number of carbonyl (C=O) groups is 1. The van der Waals surface area contributed by atoms with E-state index in [1.165, 1.54) is 5.56 Å². The molecule has 0 radical (unpaired) electrons. The zero-order chi connectivity index (χ0) is 18.9. The first-order valence-corrected chi connectivity index (χ1v) is 9.48. The summed E-state index contributed by atoms with van der Waals surface area (Å²) in [7, 11) is 1.71. The van der Waals surface area contributed by atoms with Crippen molar-refractivity contribution in [3.8, 4) is 0 Å². The molecule has 2 N–H and O–H groups in total. The van der Waals surface area contributed by atoms with Crippen molar-refractivity contribution in [3.05, 3.63) is 34.3 Å². The van der Waals surface area contributed by atoms with Gasteiger partial charge >= 0.3 is 6.09 Å². The average Bonchev–Trinajstić information content (AvgIpc) is 2.50. The summed E-state index contributed by atoms with van der Waals surface area (Å²) in [5.74, 6) is 0. The molecular weight excluding hydrogens is 384 g/mol. The van der Waals surface area contributed by atoms with E-state index in [0.29, 0.717) is 13.2 Å². The third-order valence-electron chi connectivity index (χ3n) is 3.62. The van der Waals surface area contributed by atoms with E-state index >= 15 is 0 Å². The van der Waals surface area contributed by atoms with Crippen molar-refractivity contribution in [1.82, 2.24) is 10.6 Å². The summed E-state index contributed by atoms with van der Waals surface area (Å²) < 4.78 is 11.6. The Bertz CT molecular complexity index is 514. The molecule has 0 bridgehead atoms. The molecular formula is C19H31BrN2O3. The summed E-state index contributed by atoms with van der Waals surface area (Å²) in [5, 5.41) is 6.39. The van der Waals surface area contributed by atoms with Crippen LogP contribution in [0.4, 0.5) is 4.79 Å². The van der Waals surface area contributed by atoms with E-state index in [1.807, 2.05) is 32.9 Å². The second kappa shape index (κ2) is 10.8. The molecule has 0 aliphatic carbocycles. The van der Waals surface area contributed by atoms with Gasteiger partial charge in [-0.1, -0.05) is 28.1 Å². The number of ether oxygens (including phenoxy) is 2. The fourth-order valence-electron chi connectivity index (χ4n) is 2.47.